The van der Waals surface area contributed by atoms with Gasteiger partial charge in [-0.05, 0) is 51.4 Å². The molecule has 0 saturated carbocycles. The minimum absolute atomic E-state index is 0.207. The normalized spacial score (nSPS) is 18.2. The topological polar surface area (TPSA) is 29.9 Å². The largest absolute Gasteiger partial charge is 0.327 e. The number of aryl methyl sites for hydroxylation is 1. The van der Waals surface area contributed by atoms with Crippen LogP contribution in [0.15, 0.2) is 18.2 Å². The Morgan fingerprint density at radius 1 is 1.29 bits per heavy atom. The van der Waals surface area contributed by atoms with E-state index in [4.69, 9.17) is 16.6 Å². The van der Waals surface area contributed by atoms with Crippen molar-refractivity contribution in [3.8, 4) is 0 Å². The van der Waals surface area contributed by atoms with Gasteiger partial charge in [-0.3, -0.25) is 0 Å². The Bertz CT molecular complexity index is 621. The maximum Gasteiger partial charge on any atom is 0.116 e. The number of rotatable bonds is 4. The minimum atomic E-state index is 0.207. The molecule has 0 unspecified atom stereocenters. The van der Waals surface area contributed by atoms with Gasteiger partial charge in [-0.1, -0.05) is 31.0 Å². The molecule has 3 nitrogen and oxygen atoms in total. The molecule has 1 N–H and O–H groups in total. The van der Waals surface area contributed by atoms with Gasteiger partial charge in [0.25, 0.3) is 0 Å². The van der Waals surface area contributed by atoms with Gasteiger partial charge >= 0.3 is 0 Å². The second-order valence-corrected chi connectivity index (χ2v) is 6.47. The first-order valence-corrected chi connectivity index (χ1v) is 8.45. The van der Waals surface area contributed by atoms with Crippen molar-refractivity contribution in [1.82, 2.24) is 14.9 Å². The predicted molar refractivity (Wildman–Crippen MR) is 89.1 cm³/mol. The molecule has 21 heavy (non-hydrogen) atoms. The van der Waals surface area contributed by atoms with Crippen LogP contribution in [0.2, 0.25) is 5.02 Å². The number of nitrogens with zero attached hydrogens (tertiary/aromatic N) is 2. The lowest BCUT2D eigenvalue weighted by Crippen LogP contribution is -2.41. The number of nitrogens with one attached hydrogen (secondary N) is 1. The number of benzene rings is 1. The smallest absolute Gasteiger partial charge is 0.116 e. The lowest BCUT2D eigenvalue weighted by Gasteiger charge is -2.37. The van der Waals surface area contributed by atoms with Gasteiger partial charge in [-0.15, -0.1) is 0 Å². The summed E-state index contributed by atoms with van der Waals surface area (Å²) in [6, 6.07) is 6.05. The lowest BCUT2D eigenvalue weighted by molar-refractivity contribution is 0.264. The number of aromatic nitrogens is 2. The summed E-state index contributed by atoms with van der Waals surface area (Å²) in [7, 11) is 0. The third-order valence-electron chi connectivity index (χ3n) is 4.80. The van der Waals surface area contributed by atoms with Crippen LogP contribution in [-0.4, -0.2) is 22.6 Å². The second-order valence-electron chi connectivity index (χ2n) is 6.07. The van der Waals surface area contributed by atoms with E-state index in [2.05, 4.69) is 29.8 Å². The van der Waals surface area contributed by atoms with Crippen LogP contribution in [-0.2, 0) is 12.0 Å². The third kappa shape index (κ3) is 2.47. The number of imidazole rings is 1. The van der Waals surface area contributed by atoms with Crippen LogP contribution in [0.1, 0.15) is 45.4 Å². The maximum atomic E-state index is 6.44. The van der Waals surface area contributed by atoms with E-state index >= 15 is 0 Å². The highest BCUT2D eigenvalue weighted by Gasteiger charge is 2.37. The fraction of sp³-hybridized carbons (Fsp3) is 0.588. The van der Waals surface area contributed by atoms with Crippen LogP contribution in [0.3, 0.4) is 0 Å². The summed E-state index contributed by atoms with van der Waals surface area (Å²) < 4.78 is 2.35. The van der Waals surface area contributed by atoms with E-state index in [1.807, 2.05) is 12.1 Å². The number of halogens is 1. The van der Waals surface area contributed by atoms with Gasteiger partial charge < -0.3 is 9.88 Å². The molecule has 2 aromatic rings. The minimum Gasteiger partial charge on any atom is -0.327 e. The van der Waals surface area contributed by atoms with Crippen LogP contribution < -0.4 is 5.32 Å². The number of para-hydroxylation sites is 1. The quantitative estimate of drug-likeness (QED) is 0.920. The SMILES string of the molecule is CCCC1(c2nc3cccc(Cl)c3n2CC)CCNCC1. The molecule has 1 fully saturated rings. The molecule has 0 spiro atoms. The fourth-order valence-corrected chi connectivity index (χ4v) is 4.10. The van der Waals surface area contributed by atoms with E-state index in [9.17, 15) is 0 Å². The summed E-state index contributed by atoms with van der Waals surface area (Å²) in [6.07, 6.45) is 4.74. The van der Waals surface area contributed by atoms with Crippen molar-refractivity contribution in [3.63, 3.8) is 0 Å². The first-order valence-electron chi connectivity index (χ1n) is 8.08. The van der Waals surface area contributed by atoms with E-state index in [0.717, 1.165) is 35.7 Å². The highest BCUT2D eigenvalue weighted by atomic mass is 35.5. The fourth-order valence-electron chi connectivity index (χ4n) is 3.82. The average molecular weight is 306 g/mol. The van der Waals surface area contributed by atoms with Crippen molar-refractivity contribution in [2.45, 2.75) is 51.5 Å². The molecule has 0 bridgehead atoms. The molecule has 1 aromatic carbocycles. The standard InChI is InChI=1S/C17H24ClN3/c1-3-8-17(9-11-19-12-10-17)16-20-14-7-5-6-13(18)15(14)21(16)4-2/h5-7,19H,3-4,8-12H2,1-2H3. The molecule has 2 heterocycles. The first kappa shape index (κ1) is 14.9. The van der Waals surface area contributed by atoms with Gasteiger partial charge in [0.05, 0.1) is 16.1 Å². The van der Waals surface area contributed by atoms with Crippen molar-refractivity contribution in [3.05, 3.63) is 29.0 Å². The summed E-state index contributed by atoms with van der Waals surface area (Å²) in [5, 5.41) is 4.30. The van der Waals surface area contributed by atoms with Crippen molar-refractivity contribution < 1.29 is 0 Å². The lowest BCUT2D eigenvalue weighted by atomic mass is 9.74. The van der Waals surface area contributed by atoms with E-state index in [0.29, 0.717) is 0 Å². The Kier molecular flexibility index (Phi) is 4.23. The molecule has 4 heteroatoms. The zero-order valence-corrected chi connectivity index (χ0v) is 13.7. The zero-order valence-electron chi connectivity index (χ0n) is 13.0. The molecule has 1 aliphatic heterocycles. The molecule has 1 aromatic heterocycles. The monoisotopic (exact) mass is 305 g/mol. The van der Waals surface area contributed by atoms with Crippen LogP contribution in [0.4, 0.5) is 0 Å². The average Bonchev–Trinajstić information content (AvgIpc) is 2.89. The molecule has 0 radical (unpaired) electrons. The van der Waals surface area contributed by atoms with Crippen LogP contribution in [0, 0.1) is 0 Å². The van der Waals surface area contributed by atoms with E-state index < -0.39 is 0 Å². The highest BCUT2D eigenvalue weighted by Crippen LogP contribution is 2.39. The summed E-state index contributed by atoms with van der Waals surface area (Å²) in [5.41, 5.74) is 2.34. The maximum absolute atomic E-state index is 6.44. The van der Waals surface area contributed by atoms with E-state index in [-0.39, 0.29) is 5.41 Å². The molecule has 1 saturated heterocycles. The van der Waals surface area contributed by atoms with Crippen molar-refractivity contribution in [1.29, 1.82) is 0 Å². The van der Waals surface area contributed by atoms with Gasteiger partial charge in [0.15, 0.2) is 0 Å². The van der Waals surface area contributed by atoms with Gasteiger partial charge in [-0.2, -0.15) is 0 Å². The highest BCUT2D eigenvalue weighted by molar-refractivity contribution is 6.35. The van der Waals surface area contributed by atoms with Gasteiger partial charge in [-0.25, -0.2) is 4.98 Å². The van der Waals surface area contributed by atoms with Gasteiger partial charge in [0, 0.05) is 12.0 Å². The molecular weight excluding hydrogens is 282 g/mol. The Morgan fingerprint density at radius 2 is 2.05 bits per heavy atom. The van der Waals surface area contributed by atoms with Gasteiger partial charge in [0.1, 0.15) is 5.82 Å². The van der Waals surface area contributed by atoms with Crippen LogP contribution in [0.25, 0.3) is 11.0 Å². The van der Waals surface area contributed by atoms with Crippen LogP contribution in [0.5, 0.6) is 0 Å². The Balaban J connectivity index is 2.19. The molecule has 0 atom stereocenters. The molecule has 114 valence electrons. The van der Waals surface area contributed by atoms with Gasteiger partial charge in [0.2, 0.25) is 0 Å². The van der Waals surface area contributed by atoms with E-state index in [1.165, 1.54) is 31.5 Å². The molecule has 0 aliphatic carbocycles. The summed E-state index contributed by atoms with van der Waals surface area (Å²) in [6.45, 7) is 7.56. The number of hydrogen-bond acceptors (Lipinski definition) is 2. The zero-order chi connectivity index (χ0) is 14.9. The van der Waals surface area contributed by atoms with Crippen LogP contribution >= 0.6 is 11.6 Å². The van der Waals surface area contributed by atoms with E-state index in [1.54, 1.807) is 0 Å². The first-order chi connectivity index (χ1) is 10.2. The number of piperidine rings is 1. The Labute approximate surface area is 131 Å². The summed E-state index contributed by atoms with van der Waals surface area (Å²) in [4.78, 5) is 5.01. The number of fused-ring (bicyclic) bond motifs is 1. The van der Waals surface area contributed by atoms with Crippen molar-refractivity contribution >= 4 is 22.6 Å². The van der Waals surface area contributed by atoms with Crippen molar-refractivity contribution in [2.75, 3.05) is 13.1 Å². The summed E-state index contributed by atoms with van der Waals surface area (Å²) >= 11 is 6.44. The molecule has 0 amide bonds. The second kappa shape index (κ2) is 5.98. The Hall–Kier alpha value is -1.06. The molecular formula is C17H24ClN3. The van der Waals surface area contributed by atoms with Crippen molar-refractivity contribution in [2.24, 2.45) is 0 Å². The molecule has 3 rings (SSSR count). The summed E-state index contributed by atoms with van der Waals surface area (Å²) in [5.74, 6) is 1.25. The molecule has 1 aliphatic rings. The predicted octanol–water partition coefficient (Wildman–Crippen LogP) is 4.13. The third-order valence-corrected chi connectivity index (χ3v) is 5.10. The Morgan fingerprint density at radius 3 is 2.71 bits per heavy atom. The number of hydrogen-bond donors (Lipinski definition) is 1.